The molecule has 0 atom stereocenters. The molecule has 0 saturated carbocycles. The van der Waals surface area contributed by atoms with E-state index >= 15 is 0 Å². The van der Waals surface area contributed by atoms with Gasteiger partial charge in [-0.2, -0.15) is 0 Å². The SMILES string of the molecule is Cc1nc(CCc2ccc(CCl)s2)cs1.Cc1nc(CCc2ccc(CO)s2)cs1.ClC(Cl)Cl.O=S(Cl)Cl. The van der Waals surface area contributed by atoms with Gasteiger partial charge in [0.05, 0.1) is 33.9 Å². The Morgan fingerprint density at radius 2 is 1.16 bits per heavy atom. The monoisotopic (exact) mass is 732 g/mol. The van der Waals surface area contributed by atoms with Crippen molar-refractivity contribution >= 4 is 122 Å². The Bertz CT molecular complexity index is 1110. The normalized spacial score (nSPS) is 10.4. The van der Waals surface area contributed by atoms with Gasteiger partial charge in [0.15, 0.2) is 4.30 Å². The molecule has 0 fully saturated rings. The molecule has 4 aromatic heterocycles. The van der Waals surface area contributed by atoms with Crippen LogP contribution in [0.5, 0.6) is 0 Å². The van der Waals surface area contributed by atoms with Gasteiger partial charge >= 0.3 is 0 Å². The van der Waals surface area contributed by atoms with E-state index in [1.807, 2.05) is 19.9 Å². The Kier molecular flexibility index (Phi) is 20.4. The van der Waals surface area contributed by atoms with Crippen LogP contribution in [0.2, 0.25) is 0 Å². The molecular formula is C23H26Cl6N2O2S5. The molecule has 212 valence electrons. The number of halogens is 6. The van der Waals surface area contributed by atoms with E-state index in [1.165, 1.54) is 26.0 Å². The number of thiazole rings is 2. The van der Waals surface area contributed by atoms with Crippen LogP contribution in [-0.4, -0.2) is 23.6 Å². The first-order valence-corrected chi connectivity index (χ1v) is 18.9. The molecule has 0 aliphatic carbocycles. The van der Waals surface area contributed by atoms with Crippen molar-refractivity contribution in [1.29, 1.82) is 0 Å². The van der Waals surface area contributed by atoms with Crippen LogP contribution in [0.1, 0.15) is 40.9 Å². The number of aryl methyl sites for hydroxylation is 6. The van der Waals surface area contributed by atoms with Crippen LogP contribution in [0.4, 0.5) is 0 Å². The van der Waals surface area contributed by atoms with Crippen LogP contribution in [0.15, 0.2) is 35.0 Å². The molecule has 0 aliphatic heterocycles. The first kappa shape index (κ1) is 36.5. The average molecular weight is 736 g/mol. The summed E-state index contributed by atoms with van der Waals surface area (Å²) < 4.78 is 8.34. The van der Waals surface area contributed by atoms with Crippen molar-refractivity contribution < 1.29 is 9.32 Å². The lowest BCUT2D eigenvalue weighted by atomic mass is 10.2. The fourth-order valence-corrected chi connectivity index (χ4v) is 6.11. The summed E-state index contributed by atoms with van der Waals surface area (Å²) in [7, 11) is 7.36. The molecule has 4 aromatic rings. The topological polar surface area (TPSA) is 63.1 Å². The number of aromatic nitrogens is 2. The second kappa shape index (κ2) is 21.2. The number of hydrogen-bond donors (Lipinski definition) is 1. The predicted molar refractivity (Wildman–Crippen MR) is 174 cm³/mol. The van der Waals surface area contributed by atoms with Crippen molar-refractivity contribution in [2.24, 2.45) is 0 Å². The highest BCUT2D eigenvalue weighted by Crippen LogP contribution is 2.21. The zero-order valence-electron chi connectivity index (χ0n) is 20.3. The Balaban J connectivity index is 0.000000298. The van der Waals surface area contributed by atoms with Crippen molar-refractivity contribution in [3.8, 4) is 0 Å². The van der Waals surface area contributed by atoms with Crippen molar-refractivity contribution in [3.63, 3.8) is 0 Å². The molecule has 38 heavy (non-hydrogen) atoms. The molecule has 0 bridgehead atoms. The number of alkyl halides is 4. The van der Waals surface area contributed by atoms with E-state index < -0.39 is 13.5 Å². The maximum Gasteiger partial charge on any atom is 0.211 e. The van der Waals surface area contributed by atoms with Gasteiger partial charge in [-0.1, -0.05) is 34.8 Å². The number of aliphatic hydroxyl groups is 1. The lowest BCUT2D eigenvalue weighted by molar-refractivity contribution is 0.285. The molecule has 0 aliphatic rings. The quantitative estimate of drug-likeness (QED) is 0.145. The highest BCUT2D eigenvalue weighted by atomic mass is 36.0. The summed E-state index contributed by atoms with van der Waals surface area (Å²) in [5.41, 5.74) is 2.38. The van der Waals surface area contributed by atoms with Crippen LogP contribution >= 0.6 is 113 Å². The standard InChI is InChI=1S/C11H12ClNS2.C11H13NOS2.CHCl3.Cl2OS/c1-8-13-9(7-14-8)2-3-10-4-5-11(6-12)15-10;1-8-12-9(7-14-8)2-3-10-4-5-11(6-13)15-10;2-1(3)4;1-4(2)3/h4-5,7H,2-3,6H2,1H3;4-5,7,13H,2-3,6H2,1H3;1H;. The van der Waals surface area contributed by atoms with Crippen molar-refractivity contribution in [3.05, 3.63) is 75.9 Å². The van der Waals surface area contributed by atoms with Crippen LogP contribution in [0.3, 0.4) is 0 Å². The number of thiophene rings is 2. The van der Waals surface area contributed by atoms with E-state index in [4.69, 9.17) is 55.7 Å². The van der Waals surface area contributed by atoms with Crippen LogP contribution in [-0.2, 0) is 47.4 Å². The number of rotatable bonds is 8. The highest BCUT2D eigenvalue weighted by molar-refractivity contribution is 8.26. The maximum atomic E-state index is 9.09. The summed E-state index contributed by atoms with van der Waals surface area (Å²) in [6, 6.07) is 8.36. The van der Waals surface area contributed by atoms with Gasteiger partial charge < -0.3 is 5.11 Å². The smallest absolute Gasteiger partial charge is 0.211 e. The molecule has 4 heterocycles. The summed E-state index contributed by atoms with van der Waals surface area (Å²) in [6.07, 6.45) is 4.13. The predicted octanol–water partition coefficient (Wildman–Crippen LogP) is 9.86. The summed E-state index contributed by atoms with van der Waals surface area (Å²) in [4.78, 5) is 13.9. The van der Waals surface area contributed by atoms with Crippen molar-refractivity contribution in [1.82, 2.24) is 9.97 Å². The Morgan fingerprint density at radius 3 is 1.45 bits per heavy atom. The third-order valence-electron chi connectivity index (χ3n) is 4.31. The molecule has 0 saturated heterocycles. The molecule has 0 amide bonds. The van der Waals surface area contributed by atoms with E-state index in [9.17, 15) is 0 Å². The molecule has 1 N–H and O–H groups in total. The van der Waals surface area contributed by atoms with Gasteiger partial charge in [-0.15, -0.1) is 56.9 Å². The van der Waals surface area contributed by atoms with Crippen molar-refractivity contribution in [2.75, 3.05) is 0 Å². The van der Waals surface area contributed by atoms with Crippen molar-refractivity contribution in [2.45, 2.75) is 56.3 Å². The molecule has 4 nitrogen and oxygen atoms in total. The fraction of sp³-hybridized carbons (Fsp3) is 0.391. The number of nitrogens with zero attached hydrogens (tertiary/aromatic N) is 2. The molecule has 0 unspecified atom stereocenters. The molecular weight excluding hydrogens is 709 g/mol. The zero-order valence-corrected chi connectivity index (χ0v) is 29.0. The third kappa shape index (κ3) is 18.0. The van der Waals surface area contributed by atoms with Gasteiger partial charge in [0, 0.05) is 51.6 Å². The minimum absolute atomic E-state index is 0.153. The average Bonchev–Trinajstić information content (AvgIpc) is 3.64. The first-order chi connectivity index (χ1) is 18.0. The molecule has 15 heteroatoms. The number of aliphatic hydroxyl groups excluding tert-OH is 1. The lowest BCUT2D eigenvalue weighted by Gasteiger charge is -1.93. The largest absolute Gasteiger partial charge is 0.391 e. The van der Waals surface area contributed by atoms with E-state index in [0.717, 1.165) is 40.6 Å². The summed E-state index contributed by atoms with van der Waals surface area (Å²) >= 11 is 27.1. The minimum atomic E-state index is -1.67. The van der Waals surface area contributed by atoms with Gasteiger partial charge in [-0.05, 0) is 63.8 Å². The first-order valence-electron chi connectivity index (χ1n) is 10.8. The van der Waals surface area contributed by atoms with Gasteiger partial charge in [0.2, 0.25) is 9.23 Å². The second-order valence-corrected chi connectivity index (χ2v) is 16.6. The van der Waals surface area contributed by atoms with E-state index in [-0.39, 0.29) is 6.61 Å². The third-order valence-corrected chi connectivity index (χ3v) is 8.68. The summed E-state index contributed by atoms with van der Waals surface area (Å²) in [6.45, 7) is 4.23. The Labute approximate surface area is 271 Å². The van der Waals surface area contributed by atoms with Gasteiger partial charge in [-0.3, -0.25) is 0 Å². The molecule has 0 radical (unpaired) electrons. The summed E-state index contributed by atoms with van der Waals surface area (Å²) in [5.74, 6) is 0.625. The second-order valence-electron chi connectivity index (χ2n) is 7.18. The van der Waals surface area contributed by atoms with Gasteiger partial charge in [0.1, 0.15) is 0 Å². The van der Waals surface area contributed by atoms with Gasteiger partial charge in [-0.25, -0.2) is 14.2 Å². The lowest BCUT2D eigenvalue weighted by Crippen LogP contribution is -1.88. The Morgan fingerprint density at radius 1 is 0.789 bits per heavy atom. The van der Waals surface area contributed by atoms with E-state index in [1.54, 1.807) is 45.3 Å². The van der Waals surface area contributed by atoms with E-state index in [0.29, 0.717) is 5.88 Å². The fourth-order valence-electron chi connectivity index (χ4n) is 2.82. The molecule has 0 spiro atoms. The molecule has 4 rings (SSSR count). The van der Waals surface area contributed by atoms with Gasteiger partial charge in [0.25, 0.3) is 0 Å². The Hall–Kier alpha value is 0.510. The number of hydrogen-bond acceptors (Lipinski definition) is 8. The minimum Gasteiger partial charge on any atom is -0.391 e. The van der Waals surface area contributed by atoms with Crippen LogP contribution in [0.25, 0.3) is 0 Å². The maximum absolute atomic E-state index is 9.09. The van der Waals surface area contributed by atoms with E-state index in [2.05, 4.69) is 60.3 Å². The summed E-state index contributed by atoms with van der Waals surface area (Å²) in [5, 5.41) is 15.5. The highest BCUT2D eigenvalue weighted by Gasteiger charge is 2.03. The zero-order chi connectivity index (χ0) is 28.5. The molecule has 0 aromatic carbocycles. The van der Waals surface area contributed by atoms with Crippen LogP contribution in [0, 0.1) is 13.8 Å². The van der Waals surface area contributed by atoms with Crippen LogP contribution < -0.4 is 0 Å².